The highest BCUT2D eigenvalue weighted by Crippen LogP contribution is 2.30. The van der Waals surface area contributed by atoms with E-state index in [1.807, 2.05) is 25.1 Å². The van der Waals surface area contributed by atoms with Gasteiger partial charge >= 0.3 is 0 Å². The molecule has 0 aliphatic carbocycles. The van der Waals surface area contributed by atoms with E-state index < -0.39 is 5.91 Å². The van der Waals surface area contributed by atoms with Crippen LogP contribution in [-0.2, 0) is 4.79 Å². The van der Waals surface area contributed by atoms with Gasteiger partial charge in [-0.2, -0.15) is 5.26 Å². The van der Waals surface area contributed by atoms with Crippen LogP contribution in [0.25, 0.3) is 6.08 Å². The topological polar surface area (TPSA) is 106 Å². The lowest BCUT2D eigenvalue weighted by Crippen LogP contribution is -2.13. The first-order chi connectivity index (χ1) is 16.0. The summed E-state index contributed by atoms with van der Waals surface area (Å²) in [4.78, 5) is 12.4. The van der Waals surface area contributed by atoms with Gasteiger partial charge in [-0.3, -0.25) is 10.1 Å². The molecule has 0 aliphatic heterocycles. The number of para-hydroxylation sites is 1. The predicted octanol–water partition coefficient (Wildman–Crippen LogP) is 4.90. The number of rotatable bonds is 10. The van der Waals surface area contributed by atoms with Crippen LogP contribution < -0.4 is 19.5 Å². The van der Waals surface area contributed by atoms with Crippen molar-refractivity contribution in [2.45, 2.75) is 13.8 Å². The lowest BCUT2D eigenvalue weighted by molar-refractivity contribution is -0.112. The molecule has 0 aliphatic rings. The maximum atomic E-state index is 12.4. The summed E-state index contributed by atoms with van der Waals surface area (Å²) < 4.78 is 17.1. The molecule has 1 heterocycles. The van der Waals surface area contributed by atoms with Gasteiger partial charge in [-0.05, 0) is 49.8 Å². The van der Waals surface area contributed by atoms with E-state index in [0.29, 0.717) is 51.2 Å². The summed E-state index contributed by atoms with van der Waals surface area (Å²) in [6.07, 6.45) is 1.47. The van der Waals surface area contributed by atoms with Crippen LogP contribution in [0.3, 0.4) is 0 Å². The largest absolute Gasteiger partial charge is 0.490 e. The Kier molecular flexibility index (Phi) is 8.63. The number of carbonyl (C=O) groups excluding carboxylic acids is 1. The molecule has 0 spiro atoms. The van der Waals surface area contributed by atoms with E-state index in [1.54, 1.807) is 37.3 Å². The molecule has 0 radical (unpaired) electrons. The van der Waals surface area contributed by atoms with Crippen LogP contribution in [0.5, 0.6) is 17.2 Å². The second-order valence-corrected chi connectivity index (χ2v) is 8.11. The van der Waals surface area contributed by atoms with E-state index in [0.717, 1.165) is 0 Å². The molecule has 33 heavy (non-hydrogen) atoms. The van der Waals surface area contributed by atoms with Gasteiger partial charge in [0.1, 0.15) is 35.6 Å². The molecule has 10 heteroatoms. The summed E-state index contributed by atoms with van der Waals surface area (Å²) >= 11 is 7.30. The molecule has 1 N–H and O–H groups in total. The summed E-state index contributed by atoms with van der Waals surface area (Å²) in [5.74, 6) is 1.02. The fraction of sp³-hybridized carbons (Fsp3) is 0.217. The summed E-state index contributed by atoms with van der Waals surface area (Å²) in [6.45, 7) is 4.61. The first kappa shape index (κ1) is 24.0. The Morgan fingerprint density at radius 2 is 1.88 bits per heavy atom. The molecule has 0 unspecified atom stereocenters. The van der Waals surface area contributed by atoms with Crippen molar-refractivity contribution in [2.24, 2.45) is 0 Å². The van der Waals surface area contributed by atoms with Crippen molar-refractivity contribution in [3.05, 3.63) is 63.6 Å². The molecule has 3 rings (SSSR count). The molecule has 2 aromatic carbocycles. The quantitative estimate of drug-likeness (QED) is 0.248. The summed E-state index contributed by atoms with van der Waals surface area (Å²) in [5.41, 5.74) is 0.533. The van der Waals surface area contributed by atoms with Crippen LogP contribution in [0.15, 0.2) is 48.0 Å². The van der Waals surface area contributed by atoms with Crippen molar-refractivity contribution in [2.75, 3.05) is 25.1 Å². The molecule has 0 bridgehead atoms. The average Bonchev–Trinajstić information content (AvgIpc) is 3.21. The van der Waals surface area contributed by atoms with Gasteiger partial charge in [0.05, 0.1) is 11.6 Å². The molecule has 3 aromatic rings. The highest BCUT2D eigenvalue weighted by Gasteiger charge is 2.13. The number of nitriles is 1. The Morgan fingerprint density at radius 3 is 2.55 bits per heavy atom. The number of aromatic nitrogens is 2. The van der Waals surface area contributed by atoms with Crippen LogP contribution >= 0.6 is 22.9 Å². The van der Waals surface area contributed by atoms with Gasteiger partial charge in [0.25, 0.3) is 5.91 Å². The zero-order valence-electron chi connectivity index (χ0n) is 18.0. The molecule has 0 atom stereocenters. The minimum atomic E-state index is -0.566. The minimum Gasteiger partial charge on any atom is -0.490 e. The number of nitrogens with zero attached hydrogens (tertiary/aromatic N) is 3. The predicted molar refractivity (Wildman–Crippen MR) is 127 cm³/mol. The van der Waals surface area contributed by atoms with Gasteiger partial charge in [0, 0.05) is 0 Å². The maximum Gasteiger partial charge on any atom is 0.268 e. The van der Waals surface area contributed by atoms with E-state index in [4.69, 9.17) is 25.8 Å². The van der Waals surface area contributed by atoms with Crippen molar-refractivity contribution in [1.82, 2.24) is 10.2 Å². The SMILES string of the molecule is CCOc1cc(/C=C(/C#N)C(=O)Nc2nnc(C)s2)ccc1OCCOc1ccccc1Cl. The smallest absolute Gasteiger partial charge is 0.268 e. The number of carbonyl (C=O) groups is 1. The molecule has 1 amide bonds. The summed E-state index contributed by atoms with van der Waals surface area (Å²) in [7, 11) is 0. The van der Waals surface area contributed by atoms with Crippen LogP contribution in [0.2, 0.25) is 5.02 Å². The summed E-state index contributed by atoms with van der Waals surface area (Å²) in [6, 6.07) is 14.3. The third-order valence-electron chi connectivity index (χ3n) is 4.13. The Labute approximate surface area is 200 Å². The number of nitrogens with one attached hydrogen (secondary N) is 1. The number of aryl methyl sites for hydroxylation is 1. The van der Waals surface area contributed by atoms with E-state index >= 15 is 0 Å². The average molecular weight is 485 g/mol. The Morgan fingerprint density at radius 1 is 1.12 bits per heavy atom. The monoisotopic (exact) mass is 484 g/mol. The number of hydrogen-bond donors (Lipinski definition) is 1. The molecule has 0 saturated carbocycles. The van der Waals surface area contributed by atoms with Crippen molar-refractivity contribution in [1.29, 1.82) is 5.26 Å². The van der Waals surface area contributed by atoms with Gasteiger partial charge in [0.15, 0.2) is 11.5 Å². The molecule has 0 fully saturated rings. The standard InChI is InChI=1S/C23H21ClN4O4S/c1-3-30-21-13-16(12-17(14-25)22(29)26-23-28-27-15(2)33-23)8-9-20(21)32-11-10-31-19-7-5-4-6-18(19)24/h4-9,12-13H,3,10-11H2,1-2H3,(H,26,28,29)/b17-12-. The van der Waals surface area contributed by atoms with Crippen LogP contribution in [0.1, 0.15) is 17.5 Å². The van der Waals surface area contributed by atoms with Crippen LogP contribution in [-0.4, -0.2) is 35.9 Å². The van der Waals surface area contributed by atoms with E-state index in [9.17, 15) is 10.1 Å². The third kappa shape index (κ3) is 6.94. The lowest BCUT2D eigenvalue weighted by Gasteiger charge is -2.13. The van der Waals surface area contributed by atoms with E-state index in [2.05, 4.69) is 15.5 Å². The van der Waals surface area contributed by atoms with Gasteiger partial charge in [-0.1, -0.05) is 41.1 Å². The highest BCUT2D eigenvalue weighted by molar-refractivity contribution is 7.15. The number of amides is 1. The van der Waals surface area contributed by atoms with E-state index in [-0.39, 0.29) is 12.2 Å². The lowest BCUT2D eigenvalue weighted by atomic mass is 10.1. The number of halogens is 1. The van der Waals surface area contributed by atoms with Crippen molar-refractivity contribution in [3.63, 3.8) is 0 Å². The number of ether oxygens (including phenoxy) is 3. The molecule has 1 aromatic heterocycles. The Balaban J connectivity index is 1.66. The molecular formula is C23H21ClN4O4S. The molecule has 170 valence electrons. The maximum absolute atomic E-state index is 12.4. The fourth-order valence-corrected chi connectivity index (χ4v) is 3.47. The highest BCUT2D eigenvalue weighted by atomic mass is 35.5. The Hall–Kier alpha value is -3.61. The second kappa shape index (κ2) is 11.9. The zero-order valence-corrected chi connectivity index (χ0v) is 19.6. The van der Waals surface area contributed by atoms with Crippen LogP contribution in [0.4, 0.5) is 5.13 Å². The number of benzene rings is 2. The van der Waals surface area contributed by atoms with Crippen molar-refractivity contribution >= 4 is 40.1 Å². The van der Waals surface area contributed by atoms with E-state index in [1.165, 1.54) is 17.4 Å². The van der Waals surface area contributed by atoms with Crippen molar-refractivity contribution < 1.29 is 19.0 Å². The van der Waals surface area contributed by atoms with Gasteiger partial charge < -0.3 is 14.2 Å². The summed E-state index contributed by atoms with van der Waals surface area (Å²) in [5, 5.41) is 21.3. The normalized spacial score (nSPS) is 10.9. The van der Waals surface area contributed by atoms with Gasteiger partial charge in [0.2, 0.25) is 5.13 Å². The molecule has 8 nitrogen and oxygen atoms in total. The van der Waals surface area contributed by atoms with Crippen LogP contribution in [0, 0.1) is 18.3 Å². The zero-order chi connectivity index (χ0) is 23.6. The van der Waals surface area contributed by atoms with Gasteiger partial charge in [-0.25, -0.2) is 0 Å². The molecular weight excluding hydrogens is 464 g/mol. The second-order valence-electron chi connectivity index (χ2n) is 6.52. The number of anilines is 1. The van der Waals surface area contributed by atoms with Gasteiger partial charge in [-0.15, -0.1) is 10.2 Å². The third-order valence-corrected chi connectivity index (χ3v) is 5.19. The molecule has 0 saturated heterocycles. The number of hydrogen-bond acceptors (Lipinski definition) is 8. The minimum absolute atomic E-state index is 0.0768. The Bertz CT molecular complexity index is 1190. The first-order valence-electron chi connectivity index (χ1n) is 10.0. The fourth-order valence-electron chi connectivity index (χ4n) is 2.69. The first-order valence-corrected chi connectivity index (χ1v) is 11.2. The van der Waals surface area contributed by atoms with Crippen molar-refractivity contribution in [3.8, 4) is 23.3 Å².